The van der Waals surface area contributed by atoms with Crippen LogP contribution < -0.4 is 16.0 Å². The van der Waals surface area contributed by atoms with Crippen molar-refractivity contribution in [3.63, 3.8) is 0 Å². The lowest BCUT2D eigenvalue weighted by Gasteiger charge is -2.17. The summed E-state index contributed by atoms with van der Waals surface area (Å²) >= 11 is 0. The van der Waals surface area contributed by atoms with Crippen molar-refractivity contribution in [2.24, 2.45) is 5.92 Å². The maximum atomic E-state index is 12.3. The summed E-state index contributed by atoms with van der Waals surface area (Å²) in [5, 5.41) is 8.67. The Balaban J connectivity index is 1.97. The molecule has 2 atom stereocenters. The number of anilines is 1. The SMILES string of the molecule is CCNC1COCC1C(=O)Nc1ccc(C(=O)NC)cc1. The number of nitrogens with one attached hydrogen (secondary N) is 3. The summed E-state index contributed by atoms with van der Waals surface area (Å²) in [6.07, 6.45) is 0. The van der Waals surface area contributed by atoms with Gasteiger partial charge in [0.1, 0.15) is 0 Å². The molecule has 1 aliphatic heterocycles. The molecule has 6 nitrogen and oxygen atoms in total. The van der Waals surface area contributed by atoms with E-state index in [1.165, 1.54) is 0 Å². The lowest BCUT2D eigenvalue weighted by Crippen LogP contribution is -2.41. The number of hydrogen-bond donors (Lipinski definition) is 3. The van der Waals surface area contributed by atoms with Crippen LogP contribution in [0.3, 0.4) is 0 Å². The van der Waals surface area contributed by atoms with Crippen molar-refractivity contribution in [1.82, 2.24) is 10.6 Å². The minimum atomic E-state index is -0.191. The Morgan fingerprint density at radius 1 is 1.24 bits per heavy atom. The summed E-state index contributed by atoms with van der Waals surface area (Å²) in [6.45, 7) is 3.80. The van der Waals surface area contributed by atoms with Crippen LogP contribution in [0.5, 0.6) is 0 Å². The van der Waals surface area contributed by atoms with Crippen LogP contribution in [0.25, 0.3) is 0 Å². The third-order valence-electron chi connectivity index (χ3n) is 3.53. The highest BCUT2D eigenvalue weighted by molar-refractivity contribution is 5.96. The van der Waals surface area contributed by atoms with Crippen molar-refractivity contribution in [2.75, 3.05) is 32.1 Å². The molecule has 0 aromatic heterocycles. The van der Waals surface area contributed by atoms with Crippen LogP contribution >= 0.6 is 0 Å². The Bertz CT molecular complexity index is 501. The molecular formula is C15H21N3O3. The van der Waals surface area contributed by atoms with Gasteiger partial charge in [0, 0.05) is 24.3 Å². The number of carbonyl (C=O) groups excluding carboxylic acids is 2. The lowest BCUT2D eigenvalue weighted by atomic mass is 10.0. The zero-order valence-electron chi connectivity index (χ0n) is 12.3. The summed E-state index contributed by atoms with van der Waals surface area (Å²) in [4.78, 5) is 23.7. The Kier molecular flexibility index (Phi) is 5.30. The van der Waals surface area contributed by atoms with Crippen molar-refractivity contribution in [1.29, 1.82) is 0 Å². The normalized spacial score (nSPS) is 21.0. The number of ether oxygens (including phenoxy) is 1. The first-order valence-corrected chi connectivity index (χ1v) is 7.09. The first-order chi connectivity index (χ1) is 10.2. The summed E-state index contributed by atoms with van der Waals surface area (Å²) in [5.74, 6) is -0.404. The van der Waals surface area contributed by atoms with Gasteiger partial charge in [-0.15, -0.1) is 0 Å². The summed E-state index contributed by atoms with van der Waals surface area (Å²) in [5.41, 5.74) is 1.24. The molecule has 2 unspecified atom stereocenters. The fraction of sp³-hybridized carbons (Fsp3) is 0.467. The number of hydrogen-bond acceptors (Lipinski definition) is 4. The van der Waals surface area contributed by atoms with Gasteiger partial charge in [-0.05, 0) is 30.8 Å². The van der Waals surface area contributed by atoms with E-state index >= 15 is 0 Å². The highest BCUT2D eigenvalue weighted by Gasteiger charge is 2.33. The fourth-order valence-corrected chi connectivity index (χ4v) is 2.36. The van der Waals surface area contributed by atoms with E-state index in [0.717, 1.165) is 6.54 Å². The third-order valence-corrected chi connectivity index (χ3v) is 3.53. The van der Waals surface area contributed by atoms with Crippen LogP contribution in [0.1, 0.15) is 17.3 Å². The molecule has 3 N–H and O–H groups in total. The maximum absolute atomic E-state index is 12.3. The Hall–Kier alpha value is -1.92. The van der Waals surface area contributed by atoms with Crippen molar-refractivity contribution in [3.8, 4) is 0 Å². The van der Waals surface area contributed by atoms with Gasteiger partial charge in [-0.2, -0.15) is 0 Å². The maximum Gasteiger partial charge on any atom is 0.251 e. The Morgan fingerprint density at radius 2 is 1.95 bits per heavy atom. The van der Waals surface area contributed by atoms with E-state index in [9.17, 15) is 9.59 Å². The van der Waals surface area contributed by atoms with Gasteiger partial charge < -0.3 is 20.7 Å². The Morgan fingerprint density at radius 3 is 2.57 bits per heavy atom. The number of likely N-dealkylation sites (N-methyl/N-ethyl adjacent to an activating group) is 1. The molecule has 1 aromatic carbocycles. The van der Waals surface area contributed by atoms with Gasteiger partial charge in [0.25, 0.3) is 5.91 Å². The van der Waals surface area contributed by atoms with Gasteiger partial charge in [0.15, 0.2) is 0 Å². The topological polar surface area (TPSA) is 79.5 Å². The zero-order valence-corrected chi connectivity index (χ0v) is 12.3. The molecule has 0 spiro atoms. The van der Waals surface area contributed by atoms with Crippen LogP contribution in [-0.2, 0) is 9.53 Å². The first-order valence-electron chi connectivity index (χ1n) is 7.09. The fourth-order valence-electron chi connectivity index (χ4n) is 2.36. The summed E-state index contributed by atoms with van der Waals surface area (Å²) in [7, 11) is 1.58. The van der Waals surface area contributed by atoms with Crippen molar-refractivity contribution in [3.05, 3.63) is 29.8 Å². The monoisotopic (exact) mass is 291 g/mol. The van der Waals surface area contributed by atoms with E-state index in [0.29, 0.717) is 24.5 Å². The van der Waals surface area contributed by atoms with E-state index in [1.807, 2.05) is 6.92 Å². The molecule has 1 aliphatic rings. The van der Waals surface area contributed by atoms with E-state index in [1.54, 1.807) is 31.3 Å². The summed E-state index contributed by atoms with van der Waals surface area (Å²) in [6, 6.07) is 6.87. The number of benzene rings is 1. The van der Waals surface area contributed by atoms with Crippen LogP contribution in [0.15, 0.2) is 24.3 Å². The van der Waals surface area contributed by atoms with Crippen LogP contribution in [0.4, 0.5) is 5.69 Å². The second kappa shape index (κ2) is 7.19. The standard InChI is InChI=1S/C15H21N3O3/c1-3-17-13-9-21-8-12(13)15(20)18-11-6-4-10(5-7-11)14(19)16-2/h4-7,12-13,17H,3,8-9H2,1-2H3,(H,16,19)(H,18,20). The highest BCUT2D eigenvalue weighted by atomic mass is 16.5. The smallest absolute Gasteiger partial charge is 0.251 e. The van der Waals surface area contributed by atoms with E-state index < -0.39 is 0 Å². The average Bonchev–Trinajstić information content (AvgIpc) is 2.96. The highest BCUT2D eigenvalue weighted by Crippen LogP contribution is 2.17. The first kappa shape index (κ1) is 15.5. The second-order valence-electron chi connectivity index (χ2n) is 4.95. The van der Waals surface area contributed by atoms with Crippen LogP contribution in [-0.4, -0.2) is 44.7 Å². The van der Waals surface area contributed by atoms with E-state index in [-0.39, 0.29) is 23.8 Å². The molecule has 1 saturated heterocycles. The van der Waals surface area contributed by atoms with Crippen molar-refractivity contribution in [2.45, 2.75) is 13.0 Å². The van der Waals surface area contributed by atoms with Gasteiger partial charge in [-0.25, -0.2) is 0 Å². The molecule has 0 radical (unpaired) electrons. The predicted octanol–water partition coefficient (Wildman–Crippen LogP) is 0.609. The van der Waals surface area contributed by atoms with Gasteiger partial charge in [0.2, 0.25) is 5.91 Å². The molecule has 6 heteroatoms. The predicted molar refractivity (Wildman–Crippen MR) is 80.2 cm³/mol. The summed E-state index contributed by atoms with van der Waals surface area (Å²) < 4.78 is 5.37. The molecule has 2 rings (SSSR count). The average molecular weight is 291 g/mol. The zero-order chi connectivity index (χ0) is 15.2. The van der Waals surface area contributed by atoms with Crippen LogP contribution in [0.2, 0.25) is 0 Å². The molecule has 114 valence electrons. The molecule has 0 bridgehead atoms. The molecule has 1 aromatic rings. The second-order valence-corrected chi connectivity index (χ2v) is 4.95. The van der Waals surface area contributed by atoms with E-state index in [4.69, 9.17) is 4.74 Å². The Labute approximate surface area is 124 Å². The van der Waals surface area contributed by atoms with Gasteiger partial charge >= 0.3 is 0 Å². The minimum absolute atomic E-state index is 0.0557. The molecule has 1 fully saturated rings. The van der Waals surface area contributed by atoms with Crippen molar-refractivity contribution < 1.29 is 14.3 Å². The largest absolute Gasteiger partial charge is 0.379 e. The lowest BCUT2D eigenvalue weighted by molar-refractivity contribution is -0.120. The van der Waals surface area contributed by atoms with Gasteiger partial charge in [-0.3, -0.25) is 9.59 Å². The number of amides is 2. The molecule has 0 saturated carbocycles. The third kappa shape index (κ3) is 3.80. The van der Waals surface area contributed by atoms with Gasteiger partial charge in [-0.1, -0.05) is 6.92 Å². The quantitative estimate of drug-likeness (QED) is 0.742. The number of carbonyl (C=O) groups is 2. The number of rotatable bonds is 5. The molecular weight excluding hydrogens is 270 g/mol. The van der Waals surface area contributed by atoms with Gasteiger partial charge in [0.05, 0.1) is 19.1 Å². The molecule has 0 aliphatic carbocycles. The van der Waals surface area contributed by atoms with Crippen molar-refractivity contribution >= 4 is 17.5 Å². The molecule has 2 amide bonds. The molecule has 1 heterocycles. The molecule has 21 heavy (non-hydrogen) atoms. The minimum Gasteiger partial charge on any atom is -0.379 e. The van der Waals surface area contributed by atoms with Crippen LogP contribution in [0, 0.1) is 5.92 Å². The van der Waals surface area contributed by atoms with E-state index in [2.05, 4.69) is 16.0 Å².